The summed E-state index contributed by atoms with van der Waals surface area (Å²) in [4.78, 5) is 41.2. The number of halogens is 4. The van der Waals surface area contributed by atoms with E-state index in [0.29, 0.717) is 34.6 Å². The highest BCUT2D eigenvalue weighted by molar-refractivity contribution is 9.10. The molecule has 12 heteroatoms. The molecule has 2 aromatic heterocycles. The maximum absolute atomic E-state index is 14.2. The number of carbonyl (C=O) groups excluding carboxylic acids is 2. The van der Waals surface area contributed by atoms with Gasteiger partial charge in [-0.1, -0.05) is 60.1 Å². The fraction of sp³-hybridized carbons (Fsp3) is 0.235. The molecule has 0 fully saturated rings. The van der Waals surface area contributed by atoms with Gasteiger partial charge in [0.15, 0.2) is 0 Å². The van der Waals surface area contributed by atoms with Crippen LogP contribution in [0.5, 0.6) is 0 Å². The Hall–Kier alpha value is -4.71. The first-order chi connectivity index (χ1) is 22.1. The van der Waals surface area contributed by atoms with Crippen molar-refractivity contribution in [2.45, 2.75) is 39.4 Å². The van der Waals surface area contributed by atoms with Crippen LogP contribution in [-0.2, 0) is 25.6 Å². The van der Waals surface area contributed by atoms with Gasteiger partial charge in [0.25, 0.3) is 17.4 Å². The first kappa shape index (κ1) is 32.7. The molecule has 0 atom stereocenters. The van der Waals surface area contributed by atoms with E-state index in [4.69, 9.17) is 0 Å². The molecule has 6 rings (SSSR count). The molecule has 0 aliphatic carbocycles. The molecule has 1 aliphatic heterocycles. The number of hydrogen-bond acceptors (Lipinski definition) is 4. The molecular weight excluding hydrogens is 663 g/mol. The Morgan fingerprint density at radius 2 is 1.65 bits per heavy atom. The molecule has 0 bridgehead atoms. The lowest BCUT2D eigenvalue weighted by atomic mass is 10.0. The molecule has 8 nitrogen and oxygen atoms in total. The van der Waals surface area contributed by atoms with Crippen molar-refractivity contribution in [2.24, 2.45) is 0 Å². The molecule has 0 saturated carbocycles. The van der Waals surface area contributed by atoms with Crippen molar-refractivity contribution in [3.63, 3.8) is 0 Å². The number of fused-ring (bicyclic) bond motifs is 3. The quantitative estimate of drug-likeness (QED) is 0.230. The molecule has 0 spiro atoms. The lowest BCUT2D eigenvalue weighted by Crippen LogP contribution is -2.41. The Bertz CT molecular complexity index is 1970. The third-order valence-corrected chi connectivity index (χ3v) is 8.42. The number of hydrogen-bond donors (Lipinski definition) is 1. The van der Waals surface area contributed by atoms with Crippen molar-refractivity contribution < 1.29 is 22.8 Å². The van der Waals surface area contributed by atoms with Crippen molar-refractivity contribution in [1.82, 2.24) is 24.4 Å². The van der Waals surface area contributed by atoms with Crippen molar-refractivity contribution >= 4 is 33.4 Å². The van der Waals surface area contributed by atoms with Gasteiger partial charge in [0.2, 0.25) is 0 Å². The molecule has 1 N–H and O–H groups in total. The van der Waals surface area contributed by atoms with E-state index in [1.54, 1.807) is 39.5 Å². The van der Waals surface area contributed by atoms with Crippen LogP contribution in [0.25, 0.3) is 11.3 Å². The Labute approximate surface area is 271 Å². The summed E-state index contributed by atoms with van der Waals surface area (Å²) >= 11 is 2.92. The van der Waals surface area contributed by atoms with Crippen LogP contribution in [-0.4, -0.2) is 44.5 Å². The minimum Gasteiger partial charge on any atom is -0.355 e. The van der Waals surface area contributed by atoms with E-state index in [9.17, 15) is 27.6 Å². The summed E-state index contributed by atoms with van der Waals surface area (Å²) in [5.41, 5.74) is 2.87. The van der Waals surface area contributed by atoms with E-state index in [1.165, 1.54) is 24.1 Å². The number of carbonyl (C=O) groups is 2. The number of amides is 2. The van der Waals surface area contributed by atoms with Crippen LogP contribution in [0, 0.1) is 0 Å². The van der Waals surface area contributed by atoms with Gasteiger partial charge in [-0.05, 0) is 54.4 Å². The van der Waals surface area contributed by atoms with E-state index < -0.39 is 17.6 Å². The molecule has 0 unspecified atom stereocenters. The molecular formula is C34H31BrF3N5O3. The SMILES string of the molecule is CC.CNC(=O)c1ccc(-n2c(=O)c3c(n4ncc(Cc5ccccc5)c24)CN(C(=O)c2ccc(Br)c(C(F)(F)F)c2)CC3)cc1. The zero-order valence-corrected chi connectivity index (χ0v) is 26.9. The second kappa shape index (κ2) is 13.3. The molecule has 0 saturated heterocycles. The largest absolute Gasteiger partial charge is 0.417 e. The summed E-state index contributed by atoms with van der Waals surface area (Å²) < 4.78 is 43.7. The smallest absolute Gasteiger partial charge is 0.355 e. The lowest BCUT2D eigenvalue weighted by molar-refractivity contribution is -0.138. The van der Waals surface area contributed by atoms with Crippen LogP contribution in [0.1, 0.15) is 62.5 Å². The highest BCUT2D eigenvalue weighted by Gasteiger charge is 2.35. The molecule has 5 aromatic rings. The molecule has 0 radical (unpaired) electrons. The van der Waals surface area contributed by atoms with Crippen LogP contribution in [0.2, 0.25) is 0 Å². The Kier molecular flexibility index (Phi) is 9.47. The summed E-state index contributed by atoms with van der Waals surface area (Å²) in [7, 11) is 1.54. The topological polar surface area (TPSA) is 88.7 Å². The van der Waals surface area contributed by atoms with Gasteiger partial charge in [0, 0.05) is 46.7 Å². The second-order valence-corrected chi connectivity index (χ2v) is 11.3. The third-order valence-electron chi connectivity index (χ3n) is 7.72. The first-order valence-electron chi connectivity index (χ1n) is 14.7. The third kappa shape index (κ3) is 6.21. The average Bonchev–Trinajstić information content (AvgIpc) is 3.48. The fourth-order valence-electron chi connectivity index (χ4n) is 5.53. The minimum atomic E-state index is -4.64. The normalized spacial score (nSPS) is 12.7. The van der Waals surface area contributed by atoms with E-state index >= 15 is 0 Å². The molecule has 2 amide bonds. The van der Waals surface area contributed by atoms with Crippen LogP contribution in [0.3, 0.4) is 0 Å². The minimum absolute atomic E-state index is 0.0137. The number of nitrogens with one attached hydrogen (secondary N) is 1. The van der Waals surface area contributed by atoms with Crippen LogP contribution < -0.4 is 10.9 Å². The number of rotatable bonds is 5. The molecule has 1 aliphatic rings. The van der Waals surface area contributed by atoms with E-state index in [-0.39, 0.29) is 41.0 Å². The standard InChI is InChI=1S/C32H25BrF3N5O3.C2H6/c1-37-28(42)20-7-10-23(11-8-20)40-29-22(15-19-5-3-2-4-6-19)17-38-41(29)27-18-39(14-13-24(27)31(40)44)30(43)21-9-12-26(33)25(16-21)32(34,35)36;1-2/h2-12,16-17H,13-15,18H2,1H3,(H,37,42);1-2H3. The van der Waals surface area contributed by atoms with Crippen molar-refractivity contribution in [3.05, 3.63) is 133 Å². The lowest BCUT2D eigenvalue weighted by Gasteiger charge is -2.30. The van der Waals surface area contributed by atoms with Crippen LogP contribution in [0.15, 0.2) is 88.3 Å². The number of benzene rings is 3. The second-order valence-electron chi connectivity index (χ2n) is 10.4. The number of aromatic nitrogens is 3. The molecule has 238 valence electrons. The van der Waals surface area contributed by atoms with E-state index in [2.05, 4.69) is 26.3 Å². The monoisotopic (exact) mass is 693 g/mol. The maximum Gasteiger partial charge on any atom is 0.417 e. The van der Waals surface area contributed by atoms with E-state index in [1.807, 2.05) is 44.2 Å². The maximum atomic E-state index is 14.2. The van der Waals surface area contributed by atoms with Crippen molar-refractivity contribution in [3.8, 4) is 5.69 Å². The van der Waals surface area contributed by atoms with Gasteiger partial charge in [-0.3, -0.25) is 19.0 Å². The highest BCUT2D eigenvalue weighted by Crippen LogP contribution is 2.36. The fourth-order valence-corrected chi connectivity index (χ4v) is 6.00. The summed E-state index contributed by atoms with van der Waals surface area (Å²) in [6, 6.07) is 19.7. The summed E-state index contributed by atoms with van der Waals surface area (Å²) in [6.45, 7) is 4.12. The molecule has 3 aromatic carbocycles. The Morgan fingerprint density at radius 1 is 0.978 bits per heavy atom. The van der Waals surface area contributed by atoms with Crippen molar-refractivity contribution in [1.29, 1.82) is 0 Å². The average molecular weight is 695 g/mol. The number of alkyl halides is 3. The van der Waals surface area contributed by atoms with Crippen LogP contribution in [0.4, 0.5) is 13.2 Å². The van der Waals surface area contributed by atoms with Gasteiger partial charge in [0.05, 0.1) is 29.7 Å². The van der Waals surface area contributed by atoms with Gasteiger partial charge in [-0.25, -0.2) is 4.52 Å². The zero-order valence-electron chi connectivity index (χ0n) is 25.4. The van der Waals surface area contributed by atoms with Gasteiger partial charge in [-0.15, -0.1) is 0 Å². The van der Waals surface area contributed by atoms with Gasteiger partial charge in [-0.2, -0.15) is 18.3 Å². The highest BCUT2D eigenvalue weighted by atomic mass is 79.9. The predicted molar refractivity (Wildman–Crippen MR) is 172 cm³/mol. The first-order valence-corrected chi connectivity index (χ1v) is 15.5. The summed E-state index contributed by atoms with van der Waals surface area (Å²) in [5.74, 6) is -0.834. The number of nitrogens with zero attached hydrogens (tertiary/aromatic N) is 4. The van der Waals surface area contributed by atoms with Crippen molar-refractivity contribution in [2.75, 3.05) is 13.6 Å². The molecule has 46 heavy (non-hydrogen) atoms. The summed E-state index contributed by atoms with van der Waals surface area (Å²) in [5, 5.41) is 7.22. The Morgan fingerprint density at radius 3 is 2.30 bits per heavy atom. The summed E-state index contributed by atoms with van der Waals surface area (Å²) in [6.07, 6.45) is -2.30. The molecule has 3 heterocycles. The Balaban J connectivity index is 0.00000204. The van der Waals surface area contributed by atoms with Gasteiger partial charge in [0.1, 0.15) is 5.65 Å². The van der Waals surface area contributed by atoms with Crippen LogP contribution >= 0.6 is 15.9 Å². The predicted octanol–water partition coefficient (Wildman–Crippen LogP) is 6.44. The van der Waals surface area contributed by atoms with E-state index in [0.717, 1.165) is 17.2 Å². The van der Waals surface area contributed by atoms with Gasteiger partial charge >= 0.3 is 6.18 Å². The van der Waals surface area contributed by atoms with Gasteiger partial charge < -0.3 is 10.2 Å². The zero-order chi connectivity index (χ0) is 33.2.